The smallest absolute Gasteiger partial charge is 0.317 e. The Balaban J connectivity index is 3.96. The molecule has 0 spiro atoms. The molecular weight excluding hydrogens is 180 g/mol. The molecule has 2 amide bonds. The van der Waals surface area contributed by atoms with Crippen molar-refractivity contribution in [3.8, 4) is 0 Å². The summed E-state index contributed by atoms with van der Waals surface area (Å²) in [4.78, 5) is 24.2. The lowest BCUT2D eigenvalue weighted by Crippen LogP contribution is -2.42. The maximum atomic E-state index is 11.4. The fraction of sp³-hybridized carbons (Fsp3) is 0.800. The van der Waals surface area contributed by atoms with Crippen molar-refractivity contribution in [1.82, 2.24) is 10.2 Å². The van der Waals surface area contributed by atoms with Gasteiger partial charge in [-0.3, -0.25) is 4.79 Å². The lowest BCUT2D eigenvalue weighted by Gasteiger charge is -2.19. The fourth-order valence-electron chi connectivity index (χ4n) is 0.700. The van der Waals surface area contributed by atoms with E-state index in [1.807, 2.05) is 27.7 Å². The van der Waals surface area contributed by atoms with E-state index in [2.05, 4.69) is 5.32 Å². The van der Waals surface area contributed by atoms with Crippen molar-refractivity contribution in [2.45, 2.75) is 27.7 Å². The van der Waals surface area contributed by atoms with Crippen LogP contribution in [0.5, 0.6) is 0 Å². The summed E-state index contributed by atoms with van der Waals surface area (Å²) in [6, 6.07) is -0.204. The van der Waals surface area contributed by atoms with Gasteiger partial charge in [-0.1, -0.05) is 20.8 Å². The monoisotopic (exact) mass is 200 g/mol. The van der Waals surface area contributed by atoms with E-state index in [9.17, 15) is 9.59 Å². The Hall–Kier alpha value is -1.06. The molecule has 0 aliphatic carbocycles. The zero-order valence-corrected chi connectivity index (χ0v) is 9.68. The number of rotatable bonds is 3. The molecule has 0 fully saturated rings. The van der Waals surface area contributed by atoms with Gasteiger partial charge in [0, 0.05) is 19.0 Å². The van der Waals surface area contributed by atoms with Crippen molar-refractivity contribution < 1.29 is 9.59 Å². The highest BCUT2D eigenvalue weighted by Crippen LogP contribution is 2.13. The van der Waals surface area contributed by atoms with Gasteiger partial charge >= 0.3 is 6.03 Å². The SMILES string of the molecule is CCN(C)C(=O)NCC(=O)C(C)(C)C. The Kier molecular flexibility index (Phi) is 4.60. The summed E-state index contributed by atoms with van der Waals surface area (Å²) < 4.78 is 0. The number of Topliss-reactive ketones (excluding diaryl/α,β-unsaturated/α-hetero) is 1. The van der Waals surface area contributed by atoms with Crippen LogP contribution in [-0.4, -0.2) is 36.9 Å². The zero-order valence-electron chi connectivity index (χ0n) is 9.68. The molecule has 0 heterocycles. The van der Waals surface area contributed by atoms with E-state index in [1.165, 1.54) is 4.90 Å². The van der Waals surface area contributed by atoms with Crippen molar-refractivity contribution in [3.63, 3.8) is 0 Å². The van der Waals surface area contributed by atoms with Crippen LogP contribution in [0.4, 0.5) is 4.79 Å². The molecule has 1 N–H and O–H groups in total. The van der Waals surface area contributed by atoms with E-state index in [4.69, 9.17) is 0 Å². The van der Waals surface area contributed by atoms with Gasteiger partial charge in [0.25, 0.3) is 0 Å². The average molecular weight is 200 g/mol. The van der Waals surface area contributed by atoms with Gasteiger partial charge in [-0.25, -0.2) is 4.79 Å². The second kappa shape index (κ2) is 4.98. The van der Waals surface area contributed by atoms with Gasteiger partial charge in [0.1, 0.15) is 0 Å². The van der Waals surface area contributed by atoms with Gasteiger partial charge in [-0.05, 0) is 6.92 Å². The Morgan fingerprint density at radius 3 is 2.14 bits per heavy atom. The highest BCUT2D eigenvalue weighted by atomic mass is 16.2. The van der Waals surface area contributed by atoms with Crippen LogP contribution >= 0.6 is 0 Å². The number of carbonyl (C=O) groups excluding carboxylic acids is 2. The number of nitrogens with zero attached hydrogens (tertiary/aromatic N) is 1. The number of carbonyl (C=O) groups is 2. The third-order valence-corrected chi connectivity index (χ3v) is 2.06. The minimum Gasteiger partial charge on any atom is -0.331 e. The van der Waals surface area contributed by atoms with Gasteiger partial charge < -0.3 is 10.2 Å². The third kappa shape index (κ3) is 4.25. The first-order valence-electron chi connectivity index (χ1n) is 4.81. The topological polar surface area (TPSA) is 49.4 Å². The van der Waals surface area contributed by atoms with Crippen LogP contribution in [0, 0.1) is 5.41 Å². The summed E-state index contributed by atoms with van der Waals surface area (Å²) in [6.45, 7) is 8.13. The summed E-state index contributed by atoms with van der Waals surface area (Å²) in [6.07, 6.45) is 0. The van der Waals surface area contributed by atoms with Crippen LogP contribution < -0.4 is 5.32 Å². The van der Waals surface area contributed by atoms with Gasteiger partial charge in [-0.15, -0.1) is 0 Å². The van der Waals surface area contributed by atoms with Crippen LogP contribution in [0.25, 0.3) is 0 Å². The van der Waals surface area contributed by atoms with Crippen molar-refractivity contribution in [2.24, 2.45) is 5.41 Å². The van der Waals surface area contributed by atoms with E-state index in [1.54, 1.807) is 7.05 Å². The molecule has 0 rings (SSSR count). The molecule has 0 unspecified atom stereocenters. The predicted octanol–water partition coefficient (Wildman–Crippen LogP) is 1.26. The molecule has 0 saturated heterocycles. The summed E-state index contributed by atoms with van der Waals surface area (Å²) in [5, 5.41) is 2.58. The minimum absolute atomic E-state index is 0.0374. The molecule has 0 saturated carbocycles. The van der Waals surface area contributed by atoms with E-state index < -0.39 is 5.41 Å². The van der Waals surface area contributed by atoms with E-state index in [0.717, 1.165) is 0 Å². The van der Waals surface area contributed by atoms with Crippen molar-refractivity contribution >= 4 is 11.8 Å². The molecule has 0 aromatic heterocycles. The van der Waals surface area contributed by atoms with E-state index in [0.29, 0.717) is 6.54 Å². The number of urea groups is 1. The van der Waals surface area contributed by atoms with Gasteiger partial charge in [0.15, 0.2) is 5.78 Å². The highest BCUT2D eigenvalue weighted by molar-refractivity contribution is 5.88. The van der Waals surface area contributed by atoms with Gasteiger partial charge in [-0.2, -0.15) is 0 Å². The summed E-state index contributed by atoms with van der Waals surface area (Å²) >= 11 is 0. The lowest BCUT2D eigenvalue weighted by molar-refractivity contribution is -0.125. The number of amides is 2. The Morgan fingerprint density at radius 2 is 1.79 bits per heavy atom. The Morgan fingerprint density at radius 1 is 1.29 bits per heavy atom. The molecule has 0 atom stereocenters. The lowest BCUT2D eigenvalue weighted by atomic mass is 9.91. The zero-order chi connectivity index (χ0) is 11.4. The molecular formula is C10H20N2O2. The molecule has 0 aromatic carbocycles. The third-order valence-electron chi connectivity index (χ3n) is 2.06. The van der Waals surface area contributed by atoms with E-state index in [-0.39, 0.29) is 18.4 Å². The maximum Gasteiger partial charge on any atom is 0.317 e. The van der Waals surface area contributed by atoms with Crippen molar-refractivity contribution in [3.05, 3.63) is 0 Å². The van der Waals surface area contributed by atoms with Crippen LogP contribution in [-0.2, 0) is 4.79 Å². The first-order chi connectivity index (χ1) is 6.29. The fourth-order valence-corrected chi connectivity index (χ4v) is 0.700. The number of hydrogen-bond acceptors (Lipinski definition) is 2. The first-order valence-corrected chi connectivity index (χ1v) is 4.81. The second-order valence-corrected chi connectivity index (χ2v) is 4.35. The molecule has 0 aliphatic rings. The molecule has 0 radical (unpaired) electrons. The number of ketones is 1. The number of hydrogen-bond donors (Lipinski definition) is 1. The molecule has 0 aliphatic heterocycles. The molecule has 4 nitrogen and oxygen atoms in total. The highest BCUT2D eigenvalue weighted by Gasteiger charge is 2.21. The number of nitrogens with one attached hydrogen (secondary N) is 1. The first kappa shape index (κ1) is 12.9. The molecule has 0 bridgehead atoms. The average Bonchev–Trinajstić information content (AvgIpc) is 2.10. The Labute approximate surface area is 85.7 Å². The maximum absolute atomic E-state index is 11.4. The van der Waals surface area contributed by atoms with Gasteiger partial charge in [0.05, 0.1) is 6.54 Å². The summed E-state index contributed by atoms with van der Waals surface area (Å²) in [5.74, 6) is 0.0374. The predicted molar refractivity (Wildman–Crippen MR) is 56.2 cm³/mol. The summed E-state index contributed by atoms with van der Waals surface area (Å²) in [5.41, 5.74) is -0.391. The Bertz CT molecular complexity index is 219. The van der Waals surface area contributed by atoms with Crippen LogP contribution in [0.3, 0.4) is 0 Å². The van der Waals surface area contributed by atoms with Crippen LogP contribution in [0.1, 0.15) is 27.7 Å². The molecule has 14 heavy (non-hydrogen) atoms. The standard InChI is InChI=1S/C10H20N2O2/c1-6-12(5)9(14)11-7-8(13)10(2,3)4/h6-7H2,1-5H3,(H,11,14). The van der Waals surface area contributed by atoms with Crippen LogP contribution in [0.2, 0.25) is 0 Å². The van der Waals surface area contributed by atoms with Crippen molar-refractivity contribution in [2.75, 3.05) is 20.1 Å². The molecule has 4 heteroatoms. The second-order valence-electron chi connectivity index (χ2n) is 4.35. The normalized spacial score (nSPS) is 10.9. The van der Waals surface area contributed by atoms with Crippen LogP contribution in [0.15, 0.2) is 0 Å². The van der Waals surface area contributed by atoms with Gasteiger partial charge in [0.2, 0.25) is 0 Å². The summed E-state index contributed by atoms with van der Waals surface area (Å²) in [7, 11) is 1.69. The minimum atomic E-state index is -0.391. The molecule has 82 valence electrons. The van der Waals surface area contributed by atoms with E-state index >= 15 is 0 Å². The quantitative estimate of drug-likeness (QED) is 0.745. The molecule has 0 aromatic rings. The van der Waals surface area contributed by atoms with Crippen molar-refractivity contribution in [1.29, 1.82) is 0 Å². The largest absolute Gasteiger partial charge is 0.331 e.